The molecule has 0 aromatic carbocycles. The van der Waals surface area contributed by atoms with Crippen LogP contribution in [0.25, 0.3) is 11.3 Å². The lowest BCUT2D eigenvalue weighted by atomic mass is 10.1. The molecule has 1 N–H and O–H groups in total. The first-order valence-corrected chi connectivity index (χ1v) is 5.23. The van der Waals surface area contributed by atoms with Gasteiger partial charge >= 0.3 is 5.97 Å². The lowest BCUT2D eigenvalue weighted by Crippen LogP contribution is -2.05. The Hall–Kier alpha value is -2.23. The Labute approximate surface area is 99.0 Å². The molecule has 4 heteroatoms. The molecule has 4 nitrogen and oxygen atoms in total. The highest BCUT2D eigenvalue weighted by Crippen LogP contribution is 2.21. The molecule has 0 radical (unpaired) electrons. The Kier molecular flexibility index (Phi) is 2.87. The molecular weight excluding hydrogens is 216 g/mol. The van der Waals surface area contributed by atoms with Crippen LogP contribution in [0.5, 0.6) is 0 Å². The topological polar surface area (TPSA) is 63.1 Å². The minimum absolute atomic E-state index is 0.0445. The van der Waals surface area contributed by atoms with Gasteiger partial charge in [0.05, 0.1) is 5.69 Å². The van der Waals surface area contributed by atoms with E-state index >= 15 is 0 Å². The van der Waals surface area contributed by atoms with E-state index in [0.717, 1.165) is 5.69 Å². The van der Waals surface area contributed by atoms with Crippen LogP contribution in [-0.4, -0.2) is 21.0 Å². The van der Waals surface area contributed by atoms with Gasteiger partial charge in [-0.15, -0.1) is 0 Å². The molecule has 0 fully saturated rings. The van der Waals surface area contributed by atoms with Gasteiger partial charge in [-0.05, 0) is 38.1 Å². The molecule has 0 atom stereocenters. The molecular formula is C13H12N2O2. The molecule has 17 heavy (non-hydrogen) atoms. The van der Waals surface area contributed by atoms with Crippen molar-refractivity contribution in [3.63, 3.8) is 0 Å². The number of carboxylic acids is 1. The third-order valence-corrected chi connectivity index (χ3v) is 2.40. The van der Waals surface area contributed by atoms with Crippen LogP contribution in [0.4, 0.5) is 0 Å². The van der Waals surface area contributed by atoms with E-state index < -0.39 is 5.97 Å². The maximum absolute atomic E-state index is 11.1. The first-order valence-electron chi connectivity index (χ1n) is 5.23. The van der Waals surface area contributed by atoms with Crippen molar-refractivity contribution >= 4 is 5.97 Å². The normalized spacial score (nSPS) is 10.2. The van der Waals surface area contributed by atoms with Crippen molar-refractivity contribution in [3.8, 4) is 11.3 Å². The van der Waals surface area contributed by atoms with E-state index in [4.69, 9.17) is 5.11 Å². The van der Waals surface area contributed by atoms with Crippen LogP contribution in [0.3, 0.4) is 0 Å². The molecule has 2 heterocycles. The number of carbonyl (C=O) groups is 1. The predicted octanol–water partition coefficient (Wildman–Crippen LogP) is 2.46. The molecule has 0 saturated carbocycles. The maximum Gasteiger partial charge on any atom is 0.355 e. The highest BCUT2D eigenvalue weighted by molar-refractivity contribution is 5.93. The van der Waals surface area contributed by atoms with E-state index in [9.17, 15) is 4.79 Å². The third-order valence-electron chi connectivity index (χ3n) is 2.40. The summed E-state index contributed by atoms with van der Waals surface area (Å²) in [6, 6.07) is 9.03. The predicted molar refractivity (Wildman–Crippen MR) is 63.9 cm³/mol. The van der Waals surface area contributed by atoms with Crippen LogP contribution < -0.4 is 0 Å². The quantitative estimate of drug-likeness (QED) is 0.857. The fourth-order valence-corrected chi connectivity index (χ4v) is 1.62. The van der Waals surface area contributed by atoms with Crippen molar-refractivity contribution in [3.05, 3.63) is 47.4 Å². The summed E-state index contributed by atoms with van der Waals surface area (Å²) < 4.78 is 0. The zero-order chi connectivity index (χ0) is 12.4. The summed E-state index contributed by atoms with van der Waals surface area (Å²) in [4.78, 5) is 19.5. The van der Waals surface area contributed by atoms with Gasteiger partial charge < -0.3 is 5.11 Å². The van der Waals surface area contributed by atoms with E-state index in [1.807, 2.05) is 19.1 Å². The van der Waals surface area contributed by atoms with Crippen LogP contribution >= 0.6 is 0 Å². The van der Waals surface area contributed by atoms with Crippen molar-refractivity contribution in [1.29, 1.82) is 0 Å². The van der Waals surface area contributed by atoms with Crippen molar-refractivity contribution in [2.45, 2.75) is 13.8 Å². The average Bonchev–Trinajstić information content (AvgIpc) is 2.28. The van der Waals surface area contributed by atoms with Gasteiger partial charge in [0.15, 0.2) is 5.69 Å². The highest BCUT2D eigenvalue weighted by Gasteiger charge is 2.14. The van der Waals surface area contributed by atoms with Crippen LogP contribution in [0.2, 0.25) is 0 Å². The van der Waals surface area contributed by atoms with Crippen molar-refractivity contribution in [1.82, 2.24) is 9.97 Å². The second kappa shape index (κ2) is 4.33. The van der Waals surface area contributed by atoms with Gasteiger partial charge in [0, 0.05) is 17.0 Å². The smallest absolute Gasteiger partial charge is 0.355 e. The van der Waals surface area contributed by atoms with Gasteiger partial charge in [-0.1, -0.05) is 6.07 Å². The van der Waals surface area contributed by atoms with Crippen LogP contribution in [0, 0.1) is 13.8 Å². The molecule has 0 aliphatic carbocycles. The van der Waals surface area contributed by atoms with Gasteiger partial charge in [-0.3, -0.25) is 4.98 Å². The van der Waals surface area contributed by atoms with Crippen molar-refractivity contribution in [2.75, 3.05) is 0 Å². The Bertz CT molecular complexity index is 579. The molecule has 2 rings (SSSR count). The standard InChI is InChI=1S/C13H12N2O2/c1-8-4-3-5-11(14-8)10-7-6-9(2)15-12(10)13(16)17/h3-7H,1-2H3,(H,16,17). The van der Waals surface area contributed by atoms with Crippen LogP contribution in [-0.2, 0) is 0 Å². The second-order valence-corrected chi connectivity index (χ2v) is 3.82. The average molecular weight is 228 g/mol. The first kappa shape index (κ1) is 11.3. The van der Waals surface area contributed by atoms with Gasteiger partial charge in [-0.25, -0.2) is 9.78 Å². The summed E-state index contributed by atoms with van der Waals surface area (Å²) in [5, 5.41) is 9.13. The van der Waals surface area contributed by atoms with Gasteiger partial charge in [0.1, 0.15) is 0 Å². The lowest BCUT2D eigenvalue weighted by Gasteiger charge is -2.06. The molecule has 0 unspecified atom stereocenters. The first-order chi connectivity index (χ1) is 8.08. The van der Waals surface area contributed by atoms with E-state index in [2.05, 4.69) is 9.97 Å². The Morgan fingerprint density at radius 2 is 1.76 bits per heavy atom. The van der Waals surface area contributed by atoms with Crippen LogP contribution in [0.15, 0.2) is 30.3 Å². The fourth-order valence-electron chi connectivity index (χ4n) is 1.62. The van der Waals surface area contributed by atoms with Crippen molar-refractivity contribution < 1.29 is 9.90 Å². The molecule has 0 spiro atoms. The van der Waals surface area contributed by atoms with E-state index in [1.165, 1.54) is 0 Å². The number of carboxylic acid groups (broad SMARTS) is 1. The highest BCUT2D eigenvalue weighted by atomic mass is 16.4. The molecule has 86 valence electrons. The van der Waals surface area contributed by atoms with Crippen molar-refractivity contribution in [2.24, 2.45) is 0 Å². The molecule has 0 saturated heterocycles. The molecule has 2 aromatic heterocycles. The Balaban J connectivity index is 2.63. The molecule has 0 aliphatic heterocycles. The Morgan fingerprint density at radius 3 is 2.41 bits per heavy atom. The number of aryl methyl sites for hydroxylation is 2. The summed E-state index contributed by atoms with van der Waals surface area (Å²) in [7, 11) is 0. The van der Waals surface area contributed by atoms with E-state index in [1.54, 1.807) is 25.1 Å². The molecule has 2 aromatic rings. The number of nitrogens with zero attached hydrogens (tertiary/aromatic N) is 2. The fraction of sp³-hybridized carbons (Fsp3) is 0.154. The number of hydrogen-bond acceptors (Lipinski definition) is 3. The number of aromatic nitrogens is 2. The van der Waals surface area contributed by atoms with Gasteiger partial charge in [0.25, 0.3) is 0 Å². The zero-order valence-electron chi connectivity index (χ0n) is 9.64. The summed E-state index contributed by atoms with van der Waals surface area (Å²) in [5.74, 6) is -1.04. The maximum atomic E-state index is 11.1. The monoisotopic (exact) mass is 228 g/mol. The summed E-state index contributed by atoms with van der Waals surface area (Å²) in [6.45, 7) is 3.63. The molecule has 0 aliphatic rings. The Morgan fingerprint density at radius 1 is 1.06 bits per heavy atom. The third kappa shape index (κ3) is 2.30. The molecule has 0 amide bonds. The number of hydrogen-bond donors (Lipinski definition) is 1. The summed E-state index contributed by atoms with van der Waals surface area (Å²) in [5.41, 5.74) is 2.75. The van der Waals surface area contributed by atoms with Crippen LogP contribution in [0.1, 0.15) is 21.9 Å². The number of aromatic carboxylic acids is 1. The van der Waals surface area contributed by atoms with Gasteiger partial charge in [0.2, 0.25) is 0 Å². The minimum atomic E-state index is -1.04. The minimum Gasteiger partial charge on any atom is -0.476 e. The number of pyridine rings is 2. The zero-order valence-corrected chi connectivity index (χ0v) is 9.64. The van der Waals surface area contributed by atoms with E-state index in [-0.39, 0.29) is 5.69 Å². The summed E-state index contributed by atoms with van der Waals surface area (Å²) in [6.07, 6.45) is 0. The lowest BCUT2D eigenvalue weighted by molar-refractivity contribution is 0.0691. The SMILES string of the molecule is Cc1cccc(-c2ccc(C)nc2C(=O)O)n1. The number of rotatable bonds is 2. The van der Waals surface area contributed by atoms with Gasteiger partial charge in [-0.2, -0.15) is 0 Å². The van der Waals surface area contributed by atoms with E-state index in [0.29, 0.717) is 17.0 Å². The summed E-state index contributed by atoms with van der Waals surface area (Å²) >= 11 is 0. The second-order valence-electron chi connectivity index (χ2n) is 3.82. The molecule has 0 bridgehead atoms. The largest absolute Gasteiger partial charge is 0.476 e.